The van der Waals surface area contributed by atoms with Gasteiger partial charge in [0.25, 0.3) is 5.91 Å². The molecule has 29 heavy (non-hydrogen) atoms. The van der Waals surface area contributed by atoms with E-state index in [1.807, 2.05) is 0 Å². The largest absolute Gasteiger partial charge is 0.497 e. The van der Waals surface area contributed by atoms with Crippen molar-refractivity contribution in [2.75, 3.05) is 23.5 Å². The van der Waals surface area contributed by atoms with Crippen molar-refractivity contribution in [3.8, 4) is 5.75 Å². The first kappa shape index (κ1) is 19.9. The Morgan fingerprint density at radius 2 is 1.86 bits per heavy atom. The van der Waals surface area contributed by atoms with Gasteiger partial charge in [-0.15, -0.1) is 0 Å². The van der Waals surface area contributed by atoms with Crippen LogP contribution in [-0.2, 0) is 21.1 Å². The number of thioether (sulfide) groups is 1. The first-order chi connectivity index (χ1) is 13.8. The molecule has 6 nitrogen and oxygen atoms in total. The number of carbonyl (C=O) groups is 1. The van der Waals surface area contributed by atoms with Crippen molar-refractivity contribution >= 4 is 38.4 Å². The maximum absolute atomic E-state index is 13.4. The highest BCUT2D eigenvalue weighted by Gasteiger charge is 2.49. The number of hydrogen-bond acceptors (Lipinski definition) is 5. The standard InChI is InChI=1S/C20H19FN2O4S2/c1-27-16-8-2-13(3-9-16)10-19(24)22-20-23(15-6-4-14(21)5-7-15)17-11-29(25,26)12-18(17)28-20/h2-9,17-18H,10-12H2,1H3/t17-,18-/m0/s1. The summed E-state index contributed by atoms with van der Waals surface area (Å²) in [6.45, 7) is 0. The average Bonchev–Trinajstić information content (AvgIpc) is 3.14. The molecule has 2 aromatic rings. The molecule has 0 aliphatic carbocycles. The SMILES string of the molecule is COc1ccc(CC(=O)N=C2S[C@H]3CS(=O)(=O)C[C@@H]3N2c2ccc(F)cc2)cc1. The van der Waals surface area contributed by atoms with Gasteiger partial charge in [0.2, 0.25) is 0 Å². The molecule has 152 valence electrons. The quantitative estimate of drug-likeness (QED) is 0.737. The zero-order valence-electron chi connectivity index (χ0n) is 15.6. The van der Waals surface area contributed by atoms with Gasteiger partial charge < -0.3 is 9.64 Å². The predicted octanol–water partition coefficient (Wildman–Crippen LogP) is 2.68. The normalized spacial score (nSPS) is 23.9. The zero-order chi connectivity index (χ0) is 20.6. The second kappa shape index (κ2) is 7.79. The molecule has 0 radical (unpaired) electrons. The van der Waals surface area contributed by atoms with E-state index < -0.39 is 9.84 Å². The van der Waals surface area contributed by atoms with Crippen LogP contribution >= 0.6 is 11.8 Å². The van der Waals surface area contributed by atoms with Crippen molar-refractivity contribution in [1.82, 2.24) is 0 Å². The van der Waals surface area contributed by atoms with Crippen LogP contribution in [0.1, 0.15) is 5.56 Å². The van der Waals surface area contributed by atoms with Crippen LogP contribution < -0.4 is 9.64 Å². The van der Waals surface area contributed by atoms with Gasteiger partial charge in [-0.2, -0.15) is 4.99 Å². The lowest BCUT2D eigenvalue weighted by Crippen LogP contribution is -2.37. The summed E-state index contributed by atoms with van der Waals surface area (Å²) in [5.41, 5.74) is 1.43. The molecule has 2 aliphatic rings. The molecule has 0 unspecified atom stereocenters. The Morgan fingerprint density at radius 1 is 1.17 bits per heavy atom. The van der Waals surface area contributed by atoms with Crippen LogP contribution in [0.25, 0.3) is 0 Å². The monoisotopic (exact) mass is 434 g/mol. The molecule has 9 heteroatoms. The number of nitrogens with zero attached hydrogens (tertiary/aromatic N) is 2. The van der Waals surface area contributed by atoms with Gasteiger partial charge in [0.1, 0.15) is 11.6 Å². The molecule has 2 heterocycles. The lowest BCUT2D eigenvalue weighted by molar-refractivity contribution is -0.117. The lowest BCUT2D eigenvalue weighted by atomic mass is 10.1. The molecule has 0 aromatic heterocycles. The molecule has 2 saturated heterocycles. The fourth-order valence-electron chi connectivity index (χ4n) is 3.53. The van der Waals surface area contributed by atoms with Gasteiger partial charge in [0.05, 0.1) is 31.1 Å². The molecule has 2 aromatic carbocycles. The predicted molar refractivity (Wildman–Crippen MR) is 112 cm³/mol. The van der Waals surface area contributed by atoms with E-state index in [0.29, 0.717) is 16.6 Å². The Hall–Kier alpha value is -2.39. The summed E-state index contributed by atoms with van der Waals surface area (Å²) in [5.74, 6) is 0.0349. The van der Waals surface area contributed by atoms with Crippen molar-refractivity contribution < 1.29 is 22.3 Å². The first-order valence-corrected chi connectivity index (χ1v) is 11.7. The second-order valence-electron chi connectivity index (χ2n) is 6.96. The van der Waals surface area contributed by atoms with Crippen molar-refractivity contribution in [2.45, 2.75) is 17.7 Å². The maximum Gasteiger partial charge on any atom is 0.252 e. The minimum atomic E-state index is -3.15. The topological polar surface area (TPSA) is 76.0 Å². The van der Waals surface area contributed by atoms with Crippen molar-refractivity contribution in [1.29, 1.82) is 0 Å². The summed E-state index contributed by atoms with van der Waals surface area (Å²) in [5, 5.41) is 0.262. The number of rotatable bonds is 4. The van der Waals surface area contributed by atoms with E-state index in [9.17, 15) is 17.6 Å². The number of hydrogen-bond donors (Lipinski definition) is 0. The number of anilines is 1. The van der Waals surface area contributed by atoms with E-state index in [1.165, 1.54) is 23.9 Å². The summed E-state index contributed by atoms with van der Waals surface area (Å²) >= 11 is 1.30. The number of amides is 1. The minimum Gasteiger partial charge on any atom is -0.497 e. The maximum atomic E-state index is 13.4. The van der Waals surface area contributed by atoms with Crippen molar-refractivity contribution in [2.24, 2.45) is 4.99 Å². The summed E-state index contributed by atoms with van der Waals surface area (Å²) in [7, 11) is -1.58. The van der Waals surface area contributed by atoms with Crippen LogP contribution in [0.5, 0.6) is 5.75 Å². The molecule has 2 aliphatic heterocycles. The Labute approximate surface area is 172 Å². The molecule has 0 bridgehead atoms. The van der Waals surface area contributed by atoms with E-state index >= 15 is 0 Å². The molecule has 4 rings (SSSR count). The Kier molecular flexibility index (Phi) is 5.35. The van der Waals surface area contributed by atoms with Crippen LogP contribution in [0.2, 0.25) is 0 Å². The number of aliphatic imine (C=N–C) groups is 1. The summed E-state index contributed by atoms with van der Waals surface area (Å²) in [6, 6.07) is 12.6. The number of sulfone groups is 1. The minimum absolute atomic E-state index is 0.00622. The summed E-state index contributed by atoms with van der Waals surface area (Å²) in [6.07, 6.45) is 0.124. The van der Waals surface area contributed by atoms with Crippen LogP contribution in [0, 0.1) is 5.82 Å². The highest BCUT2D eigenvalue weighted by atomic mass is 32.2. The fourth-order valence-corrected chi connectivity index (χ4v) is 7.46. The summed E-state index contributed by atoms with van der Waals surface area (Å²) < 4.78 is 42.6. The smallest absolute Gasteiger partial charge is 0.252 e. The number of amidine groups is 1. The molecule has 1 amide bonds. The van der Waals surface area contributed by atoms with Gasteiger partial charge in [-0.25, -0.2) is 12.8 Å². The third-order valence-corrected chi connectivity index (χ3v) is 8.12. The molecule has 0 spiro atoms. The number of halogens is 1. The van der Waals surface area contributed by atoms with E-state index in [0.717, 1.165) is 5.56 Å². The molecule has 0 saturated carbocycles. The van der Waals surface area contributed by atoms with Crippen molar-refractivity contribution in [3.05, 3.63) is 59.9 Å². The van der Waals surface area contributed by atoms with Gasteiger partial charge >= 0.3 is 0 Å². The number of benzene rings is 2. The van der Waals surface area contributed by atoms with Crippen LogP contribution in [0.4, 0.5) is 10.1 Å². The van der Waals surface area contributed by atoms with Crippen LogP contribution in [0.15, 0.2) is 53.5 Å². The van der Waals surface area contributed by atoms with Crippen molar-refractivity contribution in [3.63, 3.8) is 0 Å². The van der Waals surface area contributed by atoms with Crippen LogP contribution in [-0.4, -0.2) is 49.4 Å². The molecule has 0 N–H and O–H groups in total. The summed E-state index contributed by atoms with van der Waals surface area (Å²) in [4.78, 5) is 18.6. The van der Waals surface area contributed by atoms with E-state index in [4.69, 9.17) is 4.74 Å². The van der Waals surface area contributed by atoms with E-state index in [1.54, 1.807) is 48.4 Å². The highest BCUT2D eigenvalue weighted by Crippen LogP contribution is 2.41. The van der Waals surface area contributed by atoms with Gasteiger partial charge in [0.15, 0.2) is 15.0 Å². The Balaban J connectivity index is 1.60. The lowest BCUT2D eigenvalue weighted by Gasteiger charge is -2.24. The fraction of sp³-hybridized carbons (Fsp3) is 0.300. The molecular formula is C20H19FN2O4S2. The number of methoxy groups -OCH3 is 1. The molecule has 2 atom stereocenters. The van der Waals surface area contributed by atoms with E-state index in [-0.39, 0.29) is 40.9 Å². The number of fused-ring (bicyclic) bond motifs is 1. The number of ether oxygens (including phenoxy) is 1. The van der Waals surface area contributed by atoms with Gasteiger partial charge in [-0.1, -0.05) is 23.9 Å². The third kappa shape index (κ3) is 4.30. The molecular weight excluding hydrogens is 415 g/mol. The van der Waals surface area contributed by atoms with Gasteiger partial charge in [0, 0.05) is 10.9 Å². The van der Waals surface area contributed by atoms with Crippen LogP contribution in [0.3, 0.4) is 0 Å². The number of carbonyl (C=O) groups excluding carboxylic acids is 1. The van der Waals surface area contributed by atoms with E-state index in [2.05, 4.69) is 4.99 Å². The second-order valence-corrected chi connectivity index (χ2v) is 10.3. The average molecular weight is 435 g/mol. The Morgan fingerprint density at radius 3 is 2.52 bits per heavy atom. The highest BCUT2D eigenvalue weighted by molar-refractivity contribution is 8.16. The Bertz CT molecular complexity index is 1050. The first-order valence-electron chi connectivity index (χ1n) is 9.01. The third-order valence-electron chi connectivity index (χ3n) is 4.91. The van der Waals surface area contributed by atoms with Gasteiger partial charge in [-0.05, 0) is 42.0 Å². The van der Waals surface area contributed by atoms with Gasteiger partial charge in [-0.3, -0.25) is 4.79 Å². The zero-order valence-corrected chi connectivity index (χ0v) is 17.2. The molecule has 2 fully saturated rings.